The van der Waals surface area contributed by atoms with Gasteiger partial charge in [0.1, 0.15) is 0 Å². The molecule has 2 aromatic rings. The molecule has 146 valence electrons. The molecule has 0 atom stereocenters. The summed E-state index contributed by atoms with van der Waals surface area (Å²) in [7, 11) is -4.20. The molecule has 0 radical (unpaired) electrons. The van der Waals surface area contributed by atoms with Gasteiger partial charge in [-0.2, -0.15) is 13.2 Å². The molecule has 2 aromatic carbocycles. The highest BCUT2D eigenvalue weighted by atomic mass is 32.2. The van der Waals surface area contributed by atoms with Gasteiger partial charge in [0.2, 0.25) is 0 Å². The molecule has 0 fully saturated rings. The number of carbonyl (C=O) groups is 1. The number of anilines is 1. The van der Waals surface area contributed by atoms with E-state index in [1.54, 1.807) is 4.90 Å². The van der Waals surface area contributed by atoms with Crippen molar-refractivity contribution in [2.45, 2.75) is 24.9 Å². The first-order chi connectivity index (χ1) is 12.6. The number of hydrogen-bond acceptors (Lipinski definition) is 3. The van der Waals surface area contributed by atoms with Gasteiger partial charge in [0, 0.05) is 24.3 Å². The van der Waals surface area contributed by atoms with Crippen molar-refractivity contribution in [1.82, 2.24) is 4.90 Å². The number of rotatable bonds is 6. The average molecular weight is 400 g/mol. The third kappa shape index (κ3) is 5.00. The first-order valence-corrected chi connectivity index (χ1v) is 9.66. The van der Waals surface area contributed by atoms with E-state index in [9.17, 15) is 26.4 Å². The molecule has 2 rings (SSSR count). The first kappa shape index (κ1) is 20.8. The van der Waals surface area contributed by atoms with E-state index in [2.05, 4.69) is 4.72 Å². The van der Waals surface area contributed by atoms with E-state index in [-0.39, 0.29) is 11.6 Å². The van der Waals surface area contributed by atoms with E-state index in [0.717, 1.165) is 18.2 Å². The Bertz CT molecular complexity index is 906. The second-order valence-corrected chi connectivity index (χ2v) is 7.37. The molecule has 5 nitrogen and oxygen atoms in total. The van der Waals surface area contributed by atoms with Gasteiger partial charge in [0.15, 0.2) is 0 Å². The number of benzene rings is 2. The van der Waals surface area contributed by atoms with E-state index in [0.29, 0.717) is 24.7 Å². The van der Waals surface area contributed by atoms with Gasteiger partial charge in [-0.15, -0.1) is 0 Å². The third-order valence-corrected chi connectivity index (χ3v) is 5.29. The van der Waals surface area contributed by atoms with Crippen LogP contribution in [0.3, 0.4) is 0 Å². The van der Waals surface area contributed by atoms with Crippen molar-refractivity contribution in [1.29, 1.82) is 0 Å². The maximum absolute atomic E-state index is 12.8. The highest BCUT2D eigenvalue weighted by molar-refractivity contribution is 7.92. The highest BCUT2D eigenvalue weighted by Crippen LogP contribution is 2.30. The summed E-state index contributed by atoms with van der Waals surface area (Å²) < 4.78 is 65.2. The Balaban J connectivity index is 2.23. The number of hydrogen-bond donors (Lipinski definition) is 1. The van der Waals surface area contributed by atoms with Crippen LogP contribution in [0.2, 0.25) is 0 Å². The zero-order valence-corrected chi connectivity index (χ0v) is 15.6. The molecule has 0 aliphatic carbocycles. The van der Waals surface area contributed by atoms with Crippen molar-refractivity contribution in [3.63, 3.8) is 0 Å². The average Bonchev–Trinajstić information content (AvgIpc) is 2.62. The molecule has 27 heavy (non-hydrogen) atoms. The summed E-state index contributed by atoms with van der Waals surface area (Å²) in [5, 5.41) is 0. The lowest BCUT2D eigenvalue weighted by atomic mass is 10.2. The fraction of sp³-hybridized carbons (Fsp3) is 0.278. The molecular formula is C18H19F3N2O3S. The molecule has 0 unspecified atom stereocenters. The minimum atomic E-state index is -4.64. The van der Waals surface area contributed by atoms with E-state index in [4.69, 9.17) is 0 Å². The molecule has 0 heterocycles. The highest BCUT2D eigenvalue weighted by Gasteiger charge is 2.31. The van der Waals surface area contributed by atoms with Gasteiger partial charge in [-0.1, -0.05) is 6.07 Å². The summed E-state index contributed by atoms with van der Waals surface area (Å²) in [5.41, 5.74) is -0.519. The van der Waals surface area contributed by atoms with Crippen LogP contribution in [0.15, 0.2) is 53.4 Å². The van der Waals surface area contributed by atoms with Gasteiger partial charge in [0.05, 0.1) is 10.5 Å². The predicted molar refractivity (Wildman–Crippen MR) is 95.9 cm³/mol. The van der Waals surface area contributed by atoms with Crippen molar-refractivity contribution in [2.24, 2.45) is 0 Å². The number of nitrogens with one attached hydrogen (secondary N) is 1. The number of sulfonamides is 1. The molecule has 0 saturated heterocycles. The number of alkyl halides is 3. The molecule has 1 amide bonds. The van der Waals surface area contributed by atoms with Crippen LogP contribution in [-0.4, -0.2) is 32.3 Å². The summed E-state index contributed by atoms with van der Waals surface area (Å²) in [5.74, 6) is -0.188. The van der Waals surface area contributed by atoms with Crippen molar-refractivity contribution in [2.75, 3.05) is 17.8 Å². The number of carbonyl (C=O) groups excluding carboxylic acids is 1. The van der Waals surface area contributed by atoms with Crippen LogP contribution in [-0.2, 0) is 16.2 Å². The summed E-state index contributed by atoms with van der Waals surface area (Å²) in [6.07, 6.45) is -4.64. The van der Waals surface area contributed by atoms with Crippen molar-refractivity contribution in [3.8, 4) is 0 Å². The Kier molecular flexibility index (Phi) is 6.15. The number of amides is 1. The van der Waals surface area contributed by atoms with E-state index in [1.165, 1.54) is 24.3 Å². The quantitative estimate of drug-likeness (QED) is 0.797. The largest absolute Gasteiger partial charge is 0.416 e. The van der Waals surface area contributed by atoms with Crippen LogP contribution in [0.1, 0.15) is 29.8 Å². The summed E-state index contributed by atoms with van der Waals surface area (Å²) >= 11 is 0. The normalized spacial score (nSPS) is 11.9. The van der Waals surface area contributed by atoms with E-state index >= 15 is 0 Å². The maximum Gasteiger partial charge on any atom is 0.416 e. The zero-order valence-electron chi connectivity index (χ0n) is 14.7. The first-order valence-electron chi connectivity index (χ1n) is 8.18. The number of halogens is 3. The Morgan fingerprint density at radius 1 is 1.04 bits per heavy atom. The molecule has 0 aromatic heterocycles. The number of nitrogens with zero attached hydrogens (tertiary/aromatic N) is 1. The summed E-state index contributed by atoms with van der Waals surface area (Å²) in [6.45, 7) is 4.77. The SMILES string of the molecule is CCN(CC)C(=O)c1ccc(NS(=O)(=O)c2cccc(C(F)(F)F)c2)cc1. The Labute approximate surface area is 155 Å². The topological polar surface area (TPSA) is 66.5 Å². The third-order valence-electron chi connectivity index (χ3n) is 3.91. The van der Waals surface area contributed by atoms with Gasteiger partial charge in [-0.25, -0.2) is 8.42 Å². The van der Waals surface area contributed by atoms with Crippen LogP contribution in [0, 0.1) is 0 Å². The van der Waals surface area contributed by atoms with Gasteiger partial charge >= 0.3 is 6.18 Å². The fourth-order valence-electron chi connectivity index (χ4n) is 2.43. The Hall–Kier alpha value is -2.55. The Morgan fingerprint density at radius 3 is 2.15 bits per heavy atom. The van der Waals surface area contributed by atoms with Crippen LogP contribution in [0.5, 0.6) is 0 Å². The Morgan fingerprint density at radius 2 is 1.63 bits per heavy atom. The molecule has 0 spiro atoms. The van der Waals surface area contributed by atoms with E-state index < -0.39 is 26.7 Å². The fourth-order valence-corrected chi connectivity index (χ4v) is 3.53. The predicted octanol–water partition coefficient (Wildman–Crippen LogP) is 3.99. The minimum absolute atomic E-state index is 0.142. The monoisotopic (exact) mass is 400 g/mol. The second kappa shape index (κ2) is 7.99. The second-order valence-electron chi connectivity index (χ2n) is 5.69. The smallest absolute Gasteiger partial charge is 0.339 e. The molecule has 0 saturated carbocycles. The minimum Gasteiger partial charge on any atom is -0.339 e. The van der Waals surface area contributed by atoms with Gasteiger partial charge in [0.25, 0.3) is 15.9 Å². The van der Waals surface area contributed by atoms with Crippen molar-refractivity contribution in [3.05, 3.63) is 59.7 Å². The lowest BCUT2D eigenvalue weighted by Gasteiger charge is -2.18. The van der Waals surface area contributed by atoms with Gasteiger partial charge in [-0.05, 0) is 56.3 Å². The van der Waals surface area contributed by atoms with Crippen molar-refractivity contribution < 1.29 is 26.4 Å². The van der Waals surface area contributed by atoms with Gasteiger partial charge < -0.3 is 4.90 Å². The van der Waals surface area contributed by atoms with Crippen molar-refractivity contribution >= 4 is 21.6 Å². The van der Waals surface area contributed by atoms with Gasteiger partial charge in [-0.3, -0.25) is 9.52 Å². The molecule has 9 heteroatoms. The van der Waals surface area contributed by atoms with E-state index in [1.807, 2.05) is 13.8 Å². The lowest BCUT2D eigenvalue weighted by molar-refractivity contribution is -0.137. The lowest BCUT2D eigenvalue weighted by Crippen LogP contribution is -2.30. The molecule has 0 aliphatic rings. The van der Waals surface area contributed by atoms with Crippen LogP contribution in [0.4, 0.5) is 18.9 Å². The van der Waals surface area contributed by atoms with Crippen LogP contribution in [0.25, 0.3) is 0 Å². The zero-order chi connectivity index (χ0) is 20.2. The molecule has 0 aliphatic heterocycles. The summed E-state index contributed by atoms with van der Waals surface area (Å²) in [4.78, 5) is 13.4. The molecule has 1 N–H and O–H groups in total. The standard InChI is InChI=1S/C18H19F3N2O3S/c1-3-23(4-2)17(24)13-8-10-15(11-9-13)22-27(25,26)16-7-5-6-14(12-16)18(19,20)21/h5-12,22H,3-4H2,1-2H3. The molecular weight excluding hydrogens is 381 g/mol. The summed E-state index contributed by atoms with van der Waals surface area (Å²) in [6, 6.07) is 9.19. The maximum atomic E-state index is 12.8. The van der Waals surface area contributed by atoms with Crippen LogP contribution < -0.4 is 4.72 Å². The molecule has 0 bridgehead atoms. The van der Waals surface area contributed by atoms with Crippen LogP contribution >= 0.6 is 0 Å².